The highest BCUT2D eigenvalue weighted by molar-refractivity contribution is 8.14. The molecule has 0 spiro atoms. The molecule has 1 aliphatic rings. The van der Waals surface area contributed by atoms with Gasteiger partial charge >= 0.3 is 0 Å². The van der Waals surface area contributed by atoms with Crippen LogP contribution in [0.3, 0.4) is 0 Å². The molecule has 0 aliphatic carbocycles. The second kappa shape index (κ2) is 5.67. The third-order valence-electron chi connectivity index (χ3n) is 2.34. The first-order valence-electron chi connectivity index (χ1n) is 5.31. The van der Waals surface area contributed by atoms with Crippen molar-refractivity contribution in [1.29, 1.82) is 0 Å². The smallest absolute Gasteiger partial charge is 0.279 e. The van der Waals surface area contributed by atoms with E-state index in [1.807, 2.05) is 0 Å². The third-order valence-corrected chi connectivity index (χ3v) is 3.22. The Morgan fingerprint density at radius 2 is 2.53 bits per heavy atom. The monoisotopic (exact) mass is 255 g/mol. The van der Waals surface area contributed by atoms with Crippen molar-refractivity contribution in [3.8, 4) is 0 Å². The largest absolute Gasteiger partial charge is 0.354 e. The van der Waals surface area contributed by atoms with Gasteiger partial charge in [0.05, 0.1) is 0 Å². The Kier molecular flexibility index (Phi) is 3.97. The molecule has 2 heterocycles. The standard InChI is InChI=1S/C9H13N5O2S/c15-8(6-4-17-9(16)13-6)10-3-1-2-7-11-5-12-14-7/h5-6H,1-4H2,(H,10,15)(H,13,16)(H,11,12,14). The van der Waals surface area contributed by atoms with Gasteiger partial charge in [0.25, 0.3) is 5.24 Å². The Hall–Kier alpha value is -1.57. The van der Waals surface area contributed by atoms with Crippen LogP contribution >= 0.6 is 11.8 Å². The third kappa shape index (κ3) is 3.45. The zero-order valence-electron chi connectivity index (χ0n) is 9.10. The van der Waals surface area contributed by atoms with Gasteiger partial charge in [-0.05, 0) is 6.42 Å². The van der Waals surface area contributed by atoms with E-state index in [0.29, 0.717) is 12.3 Å². The molecule has 1 aliphatic heterocycles. The fourth-order valence-electron chi connectivity index (χ4n) is 1.47. The summed E-state index contributed by atoms with van der Waals surface area (Å²) in [6.07, 6.45) is 2.99. The number of rotatable bonds is 5. The highest BCUT2D eigenvalue weighted by Gasteiger charge is 2.27. The summed E-state index contributed by atoms with van der Waals surface area (Å²) in [5, 5.41) is 11.7. The van der Waals surface area contributed by atoms with Gasteiger partial charge in [-0.1, -0.05) is 11.8 Å². The molecule has 8 heteroatoms. The second-order valence-electron chi connectivity index (χ2n) is 3.62. The highest BCUT2D eigenvalue weighted by Crippen LogP contribution is 2.12. The quantitative estimate of drug-likeness (QED) is 0.626. The van der Waals surface area contributed by atoms with E-state index < -0.39 is 6.04 Å². The van der Waals surface area contributed by atoms with Crippen LogP contribution in [-0.2, 0) is 11.2 Å². The number of hydrogen-bond donors (Lipinski definition) is 3. The van der Waals surface area contributed by atoms with Crippen LogP contribution in [-0.4, -0.2) is 44.7 Å². The normalized spacial score (nSPS) is 19.1. The Bertz CT molecular complexity index is 394. The van der Waals surface area contributed by atoms with Crippen molar-refractivity contribution >= 4 is 22.9 Å². The summed E-state index contributed by atoms with van der Waals surface area (Å²) in [5.41, 5.74) is 0. The summed E-state index contributed by atoms with van der Waals surface area (Å²) in [4.78, 5) is 26.5. The van der Waals surface area contributed by atoms with Crippen molar-refractivity contribution in [1.82, 2.24) is 25.8 Å². The van der Waals surface area contributed by atoms with Crippen LogP contribution in [0, 0.1) is 0 Å². The van der Waals surface area contributed by atoms with Crippen LogP contribution in [0.1, 0.15) is 12.2 Å². The number of nitrogens with one attached hydrogen (secondary N) is 3. The molecule has 1 aromatic rings. The molecule has 0 aromatic carbocycles. The van der Waals surface area contributed by atoms with Crippen LogP contribution in [0.25, 0.3) is 0 Å². The zero-order valence-corrected chi connectivity index (χ0v) is 9.92. The number of aromatic amines is 1. The molecule has 17 heavy (non-hydrogen) atoms. The van der Waals surface area contributed by atoms with Crippen molar-refractivity contribution in [2.24, 2.45) is 0 Å². The average Bonchev–Trinajstić information content (AvgIpc) is 2.95. The van der Waals surface area contributed by atoms with Gasteiger partial charge < -0.3 is 10.6 Å². The van der Waals surface area contributed by atoms with Crippen molar-refractivity contribution in [2.75, 3.05) is 12.3 Å². The van der Waals surface area contributed by atoms with Gasteiger partial charge in [-0.3, -0.25) is 14.7 Å². The van der Waals surface area contributed by atoms with Gasteiger partial charge in [0.2, 0.25) is 5.91 Å². The van der Waals surface area contributed by atoms with Crippen molar-refractivity contribution < 1.29 is 9.59 Å². The molecule has 1 atom stereocenters. The number of H-pyrrole nitrogens is 1. The maximum Gasteiger partial charge on any atom is 0.279 e. The highest BCUT2D eigenvalue weighted by atomic mass is 32.2. The van der Waals surface area contributed by atoms with E-state index in [1.54, 1.807) is 0 Å². The number of carbonyl (C=O) groups is 2. The van der Waals surface area contributed by atoms with Gasteiger partial charge in [0.1, 0.15) is 18.2 Å². The predicted octanol–water partition coefficient (Wildman–Crippen LogP) is -0.322. The first kappa shape index (κ1) is 11.9. The zero-order chi connectivity index (χ0) is 12.1. The minimum atomic E-state index is -0.391. The van der Waals surface area contributed by atoms with Gasteiger partial charge in [0.15, 0.2) is 0 Å². The Morgan fingerprint density at radius 1 is 1.65 bits per heavy atom. The molecule has 0 saturated carbocycles. The van der Waals surface area contributed by atoms with E-state index in [2.05, 4.69) is 25.8 Å². The first-order valence-corrected chi connectivity index (χ1v) is 6.29. The number of carbonyl (C=O) groups excluding carboxylic acids is 2. The maximum absolute atomic E-state index is 11.6. The van der Waals surface area contributed by atoms with Crippen molar-refractivity contribution in [2.45, 2.75) is 18.9 Å². The summed E-state index contributed by atoms with van der Waals surface area (Å²) < 4.78 is 0. The van der Waals surface area contributed by atoms with Gasteiger partial charge in [-0.15, -0.1) is 0 Å². The summed E-state index contributed by atoms with van der Waals surface area (Å²) in [5.74, 6) is 1.19. The molecule has 0 bridgehead atoms. The van der Waals surface area contributed by atoms with Crippen LogP contribution in [0.2, 0.25) is 0 Å². The number of amides is 2. The number of hydrogen-bond acceptors (Lipinski definition) is 5. The van der Waals surface area contributed by atoms with E-state index in [-0.39, 0.29) is 11.1 Å². The first-order chi connectivity index (χ1) is 8.25. The minimum absolute atomic E-state index is 0.124. The van der Waals surface area contributed by atoms with Crippen LogP contribution in [0.4, 0.5) is 4.79 Å². The number of aromatic nitrogens is 3. The molecule has 1 saturated heterocycles. The van der Waals surface area contributed by atoms with Gasteiger partial charge in [-0.25, -0.2) is 4.98 Å². The fraction of sp³-hybridized carbons (Fsp3) is 0.556. The number of aryl methyl sites for hydroxylation is 1. The summed E-state index contributed by atoms with van der Waals surface area (Å²) in [7, 11) is 0. The van der Waals surface area contributed by atoms with Gasteiger partial charge in [-0.2, -0.15) is 5.10 Å². The van der Waals surface area contributed by atoms with E-state index in [9.17, 15) is 9.59 Å². The lowest BCUT2D eigenvalue weighted by atomic mass is 10.2. The lowest BCUT2D eigenvalue weighted by Gasteiger charge is -2.09. The minimum Gasteiger partial charge on any atom is -0.354 e. The van der Waals surface area contributed by atoms with E-state index in [0.717, 1.165) is 30.4 Å². The summed E-state index contributed by atoms with van der Waals surface area (Å²) in [6.45, 7) is 0.566. The molecule has 92 valence electrons. The Labute approximate surface area is 102 Å². The van der Waals surface area contributed by atoms with Crippen LogP contribution in [0.15, 0.2) is 6.33 Å². The molecule has 7 nitrogen and oxygen atoms in total. The SMILES string of the molecule is O=C1NC(C(=O)NCCCc2ncn[nH]2)CS1. The topological polar surface area (TPSA) is 99.8 Å². The summed E-state index contributed by atoms with van der Waals surface area (Å²) in [6, 6.07) is -0.391. The predicted molar refractivity (Wildman–Crippen MR) is 62.5 cm³/mol. The molecule has 0 radical (unpaired) electrons. The molecular weight excluding hydrogens is 242 g/mol. The molecule has 3 N–H and O–H groups in total. The number of nitrogens with zero attached hydrogens (tertiary/aromatic N) is 2. The van der Waals surface area contributed by atoms with Crippen LogP contribution in [0.5, 0.6) is 0 Å². The molecule has 2 amide bonds. The second-order valence-corrected chi connectivity index (χ2v) is 4.61. The van der Waals surface area contributed by atoms with E-state index in [1.165, 1.54) is 6.33 Å². The maximum atomic E-state index is 11.6. The van der Waals surface area contributed by atoms with Gasteiger partial charge in [0, 0.05) is 18.7 Å². The van der Waals surface area contributed by atoms with E-state index >= 15 is 0 Å². The average molecular weight is 255 g/mol. The fourth-order valence-corrected chi connectivity index (χ4v) is 2.25. The van der Waals surface area contributed by atoms with Crippen molar-refractivity contribution in [3.63, 3.8) is 0 Å². The molecule has 1 aromatic heterocycles. The van der Waals surface area contributed by atoms with Crippen molar-refractivity contribution in [3.05, 3.63) is 12.2 Å². The molecular formula is C9H13N5O2S. The molecule has 1 fully saturated rings. The molecule has 1 unspecified atom stereocenters. The molecule has 2 rings (SSSR count). The Morgan fingerprint density at radius 3 is 3.18 bits per heavy atom. The number of thioether (sulfide) groups is 1. The summed E-state index contributed by atoms with van der Waals surface area (Å²) >= 11 is 1.14. The van der Waals surface area contributed by atoms with E-state index in [4.69, 9.17) is 0 Å². The lowest BCUT2D eigenvalue weighted by molar-refractivity contribution is -0.122. The lowest BCUT2D eigenvalue weighted by Crippen LogP contribution is -2.43. The Balaban J connectivity index is 1.62. The van der Waals surface area contributed by atoms with Crippen LogP contribution < -0.4 is 10.6 Å².